The standard InChI is InChI=1S/C37H48ClN5O5/c1-39-30(15-12-24-16-18-40-19-17-24)37(46)43-22-28(47-23-26-10-13-27(38)14-11-26)21-32(43)35(45)41-31(20-25-6-2-3-7-25)34(44)36-42-29-8-4-5-9-33(29)48-36/h4-5,8-11,13-14,24-25,28,30-32,39-40H,2-3,6-7,12,15-23H2,1H3,(H,41,45)/t28-,30-,31+,32+/m1/s1. The number of benzene rings is 2. The molecule has 3 aromatic rings. The average molecular weight is 678 g/mol. The Morgan fingerprint density at radius 3 is 2.50 bits per heavy atom. The Labute approximate surface area is 287 Å². The molecule has 0 spiro atoms. The van der Waals surface area contributed by atoms with Gasteiger partial charge in [-0.15, -0.1) is 0 Å². The Kier molecular flexibility index (Phi) is 11.8. The molecule has 0 radical (unpaired) electrons. The Bertz CT molecular complexity index is 1500. The second-order valence-corrected chi connectivity index (χ2v) is 14.1. The number of nitrogens with one attached hydrogen (secondary N) is 3. The van der Waals surface area contributed by atoms with E-state index in [-0.39, 0.29) is 29.6 Å². The van der Waals surface area contributed by atoms with Crippen LogP contribution in [0.5, 0.6) is 0 Å². The number of fused-ring (bicyclic) bond motifs is 1. The van der Waals surface area contributed by atoms with Crippen LogP contribution in [-0.4, -0.2) is 78.4 Å². The predicted octanol–water partition coefficient (Wildman–Crippen LogP) is 5.28. The van der Waals surface area contributed by atoms with Crippen LogP contribution in [-0.2, 0) is 20.9 Å². The maximum atomic E-state index is 14.2. The molecule has 48 heavy (non-hydrogen) atoms. The van der Waals surface area contributed by atoms with Crippen molar-refractivity contribution in [2.24, 2.45) is 11.8 Å². The fourth-order valence-electron chi connectivity index (χ4n) is 7.57. The van der Waals surface area contributed by atoms with Crippen molar-refractivity contribution in [1.29, 1.82) is 0 Å². The summed E-state index contributed by atoms with van der Waals surface area (Å²) >= 11 is 6.07. The number of hydrogen-bond acceptors (Lipinski definition) is 8. The number of hydrogen-bond donors (Lipinski definition) is 3. The normalized spacial score (nSPS) is 21.8. The van der Waals surface area contributed by atoms with Crippen LogP contribution < -0.4 is 16.0 Å². The summed E-state index contributed by atoms with van der Waals surface area (Å²) in [6.07, 6.45) is 8.62. The first-order valence-electron chi connectivity index (χ1n) is 17.6. The molecule has 2 amide bonds. The fraction of sp³-hybridized carbons (Fsp3) is 0.568. The van der Waals surface area contributed by atoms with Crippen molar-refractivity contribution in [3.8, 4) is 0 Å². The number of carbonyl (C=O) groups excluding carboxylic acids is 3. The number of amides is 2. The minimum atomic E-state index is -0.806. The van der Waals surface area contributed by atoms with Gasteiger partial charge in [-0.05, 0) is 93.9 Å². The number of aromatic nitrogens is 1. The molecule has 0 bridgehead atoms. The van der Waals surface area contributed by atoms with Gasteiger partial charge in [0.1, 0.15) is 11.6 Å². The van der Waals surface area contributed by atoms with Crippen molar-refractivity contribution in [2.45, 2.75) is 95.0 Å². The molecule has 3 aliphatic rings. The lowest BCUT2D eigenvalue weighted by Gasteiger charge is -2.30. The summed E-state index contributed by atoms with van der Waals surface area (Å²) in [6.45, 7) is 2.65. The Morgan fingerprint density at radius 1 is 1.02 bits per heavy atom. The number of piperidine rings is 1. The fourth-order valence-corrected chi connectivity index (χ4v) is 7.70. The second kappa shape index (κ2) is 16.4. The van der Waals surface area contributed by atoms with Crippen LogP contribution in [0.15, 0.2) is 52.9 Å². The molecule has 258 valence electrons. The van der Waals surface area contributed by atoms with Crippen LogP contribution in [0.3, 0.4) is 0 Å². The van der Waals surface area contributed by atoms with Gasteiger partial charge < -0.3 is 30.0 Å². The van der Waals surface area contributed by atoms with Gasteiger partial charge in [0, 0.05) is 18.0 Å². The number of halogens is 1. The molecule has 3 fully saturated rings. The zero-order valence-electron chi connectivity index (χ0n) is 27.8. The highest BCUT2D eigenvalue weighted by Gasteiger charge is 2.43. The van der Waals surface area contributed by atoms with E-state index in [4.69, 9.17) is 20.8 Å². The van der Waals surface area contributed by atoms with Crippen molar-refractivity contribution in [1.82, 2.24) is 25.8 Å². The summed E-state index contributed by atoms with van der Waals surface area (Å²) in [7, 11) is 1.81. The van der Waals surface area contributed by atoms with Crippen molar-refractivity contribution >= 4 is 40.3 Å². The van der Waals surface area contributed by atoms with E-state index in [1.165, 1.54) is 0 Å². The topological polar surface area (TPSA) is 126 Å². The summed E-state index contributed by atoms with van der Waals surface area (Å²) < 4.78 is 12.1. The summed E-state index contributed by atoms with van der Waals surface area (Å²) in [5, 5.41) is 10.4. The Hall–Kier alpha value is -3.31. The Balaban J connectivity index is 1.19. The molecule has 1 aliphatic carbocycles. The average Bonchev–Trinajstić information content (AvgIpc) is 3.88. The van der Waals surface area contributed by atoms with Gasteiger partial charge in [0.25, 0.3) is 5.89 Å². The SMILES string of the molecule is CN[C@H](CCC1CCNCC1)C(=O)N1C[C@H](OCc2ccc(Cl)cc2)C[C@H]1C(=O)N[C@@H](CC1CCCC1)C(=O)c1nc2ccccc2o1. The van der Waals surface area contributed by atoms with Crippen molar-refractivity contribution in [3.63, 3.8) is 0 Å². The molecular formula is C37H48ClN5O5. The van der Waals surface area contributed by atoms with Gasteiger partial charge in [-0.25, -0.2) is 4.98 Å². The van der Waals surface area contributed by atoms with Gasteiger partial charge in [-0.1, -0.05) is 61.5 Å². The molecule has 3 N–H and O–H groups in total. The highest BCUT2D eigenvalue weighted by Crippen LogP contribution is 2.31. The summed E-state index contributed by atoms with van der Waals surface area (Å²) in [5.74, 6) is 0.105. The third-order valence-corrected chi connectivity index (χ3v) is 10.6. The van der Waals surface area contributed by atoms with E-state index in [1.807, 2.05) is 36.4 Å². The number of likely N-dealkylation sites (tertiary alicyclic amines) is 1. The summed E-state index contributed by atoms with van der Waals surface area (Å²) in [5.41, 5.74) is 2.09. The van der Waals surface area contributed by atoms with Gasteiger partial charge in [0.05, 0.1) is 24.8 Å². The van der Waals surface area contributed by atoms with Crippen molar-refractivity contribution < 1.29 is 23.5 Å². The highest BCUT2D eigenvalue weighted by atomic mass is 35.5. The third-order valence-electron chi connectivity index (χ3n) is 10.4. The number of ether oxygens (including phenoxy) is 1. The number of rotatable bonds is 14. The van der Waals surface area contributed by atoms with E-state index in [0.29, 0.717) is 60.4 Å². The molecule has 0 unspecified atom stereocenters. The zero-order valence-corrected chi connectivity index (χ0v) is 28.6. The largest absolute Gasteiger partial charge is 0.434 e. The van der Waals surface area contributed by atoms with Crippen LogP contribution in [0.1, 0.15) is 80.5 Å². The van der Waals surface area contributed by atoms with E-state index in [0.717, 1.165) is 63.6 Å². The number of Topliss-reactive ketones (excluding diaryl/α,β-unsaturated/α-hetero) is 1. The van der Waals surface area contributed by atoms with Crippen LogP contribution in [0, 0.1) is 11.8 Å². The first kappa shape index (κ1) is 34.5. The van der Waals surface area contributed by atoms with E-state index in [1.54, 1.807) is 24.1 Å². The zero-order chi connectivity index (χ0) is 33.5. The minimum Gasteiger partial charge on any atom is -0.434 e. The van der Waals surface area contributed by atoms with Crippen LogP contribution in [0.4, 0.5) is 0 Å². The number of likely N-dealkylation sites (N-methyl/N-ethyl adjacent to an activating group) is 1. The van der Waals surface area contributed by atoms with Gasteiger partial charge >= 0.3 is 0 Å². The molecule has 11 heteroatoms. The maximum Gasteiger partial charge on any atom is 0.266 e. The molecule has 10 nitrogen and oxygen atoms in total. The van der Waals surface area contributed by atoms with E-state index in [9.17, 15) is 14.4 Å². The first-order valence-corrected chi connectivity index (χ1v) is 18.0. The Morgan fingerprint density at radius 2 is 1.77 bits per heavy atom. The minimum absolute atomic E-state index is 0.00353. The maximum absolute atomic E-state index is 14.2. The molecule has 6 rings (SSSR count). The van der Waals surface area contributed by atoms with Crippen LogP contribution in [0.2, 0.25) is 5.02 Å². The second-order valence-electron chi connectivity index (χ2n) is 13.7. The number of para-hydroxylation sites is 2. The molecule has 3 heterocycles. The third kappa shape index (κ3) is 8.64. The lowest BCUT2D eigenvalue weighted by molar-refractivity contribution is -0.140. The predicted molar refractivity (Wildman–Crippen MR) is 185 cm³/mol. The number of oxazole rings is 1. The molecule has 2 aliphatic heterocycles. The number of ketones is 1. The molecule has 1 saturated carbocycles. The van der Waals surface area contributed by atoms with Gasteiger partial charge in [-0.2, -0.15) is 0 Å². The van der Waals surface area contributed by atoms with E-state index >= 15 is 0 Å². The first-order chi connectivity index (χ1) is 23.4. The summed E-state index contributed by atoms with van der Waals surface area (Å²) in [6, 6.07) is 12.7. The van der Waals surface area contributed by atoms with Crippen molar-refractivity contribution in [3.05, 3.63) is 65.0 Å². The number of nitrogens with zero attached hydrogens (tertiary/aromatic N) is 2. The number of carbonyl (C=O) groups is 3. The molecular weight excluding hydrogens is 630 g/mol. The molecule has 2 saturated heterocycles. The van der Waals surface area contributed by atoms with E-state index < -0.39 is 18.1 Å². The van der Waals surface area contributed by atoms with Gasteiger partial charge in [0.15, 0.2) is 5.58 Å². The monoisotopic (exact) mass is 677 g/mol. The lowest BCUT2D eigenvalue weighted by atomic mass is 9.91. The quantitative estimate of drug-likeness (QED) is 0.197. The van der Waals surface area contributed by atoms with Crippen LogP contribution in [0.25, 0.3) is 11.1 Å². The smallest absolute Gasteiger partial charge is 0.266 e. The van der Waals surface area contributed by atoms with Crippen LogP contribution >= 0.6 is 11.6 Å². The van der Waals surface area contributed by atoms with Gasteiger partial charge in [0.2, 0.25) is 17.6 Å². The highest BCUT2D eigenvalue weighted by molar-refractivity contribution is 6.30. The van der Waals surface area contributed by atoms with E-state index in [2.05, 4.69) is 20.9 Å². The molecule has 4 atom stereocenters. The molecule has 1 aromatic heterocycles. The van der Waals surface area contributed by atoms with Gasteiger partial charge in [-0.3, -0.25) is 14.4 Å². The lowest BCUT2D eigenvalue weighted by Crippen LogP contribution is -2.54. The van der Waals surface area contributed by atoms with Crippen molar-refractivity contribution in [2.75, 3.05) is 26.7 Å². The molecule has 2 aromatic carbocycles. The summed E-state index contributed by atoms with van der Waals surface area (Å²) in [4.78, 5) is 48.4.